The molecular weight excluding hydrogens is 218 g/mol. The lowest BCUT2D eigenvalue weighted by Gasteiger charge is -2.01. The molecule has 0 saturated carbocycles. The average molecular weight is 228 g/mol. The predicted molar refractivity (Wildman–Crippen MR) is 57.1 cm³/mol. The van der Waals surface area contributed by atoms with Crippen molar-refractivity contribution in [2.45, 2.75) is 19.8 Å². The Labute approximate surface area is 92.0 Å². The van der Waals surface area contributed by atoms with Crippen LogP contribution in [0, 0.1) is 10.1 Å². The zero-order chi connectivity index (χ0) is 11.4. The van der Waals surface area contributed by atoms with E-state index in [0.717, 1.165) is 5.56 Å². The summed E-state index contributed by atoms with van der Waals surface area (Å²) in [4.78, 5) is 20.7. The van der Waals surface area contributed by atoms with Gasteiger partial charge in [-0.05, 0) is 18.9 Å². The van der Waals surface area contributed by atoms with Gasteiger partial charge in [0.15, 0.2) is 0 Å². The Morgan fingerprint density at radius 2 is 2.20 bits per heavy atom. The van der Waals surface area contributed by atoms with Crippen molar-refractivity contribution in [1.29, 1.82) is 0 Å². The molecule has 0 saturated heterocycles. The topological polar surface area (TPSA) is 60.2 Å². The fourth-order valence-corrected chi connectivity index (χ4v) is 1.43. The molecule has 0 atom stereocenters. The SMILES string of the molecule is CC(=O)CCc1ccc([N+](=O)[O-])cc1Cl. The van der Waals surface area contributed by atoms with E-state index >= 15 is 0 Å². The molecule has 1 aromatic rings. The number of Topliss-reactive ketones (excluding diaryl/α,β-unsaturated/α-hetero) is 1. The van der Waals surface area contributed by atoms with Crippen LogP contribution >= 0.6 is 11.6 Å². The van der Waals surface area contributed by atoms with Gasteiger partial charge in [-0.1, -0.05) is 17.7 Å². The summed E-state index contributed by atoms with van der Waals surface area (Å²) in [5, 5.41) is 10.8. The van der Waals surface area contributed by atoms with Gasteiger partial charge >= 0.3 is 0 Å². The van der Waals surface area contributed by atoms with Gasteiger partial charge in [0.25, 0.3) is 5.69 Å². The number of nitrogens with zero attached hydrogens (tertiary/aromatic N) is 1. The number of benzene rings is 1. The molecule has 4 nitrogen and oxygen atoms in total. The molecule has 0 unspecified atom stereocenters. The molecule has 0 radical (unpaired) electrons. The smallest absolute Gasteiger partial charge is 0.270 e. The minimum atomic E-state index is -0.499. The Morgan fingerprint density at radius 3 is 2.67 bits per heavy atom. The van der Waals surface area contributed by atoms with Crippen molar-refractivity contribution in [3.8, 4) is 0 Å². The Balaban J connectivity index is 2.83. The number of ketones is 1. The highest BCUT2D eigenvalue weighted by molar-refractivity contribution is 6.31. The highest BCUT2D eigenvalue weighted by Gasteiger charge is 2.09. The molecule has 0 heterocycles. The standard InChI is InChI=1S/C10H10ClNO3/c1-7(13)2-3-8-4-5-9(12(14)15)6-10(8)11/h4-6H,2-3H2,1H3. The molecule has 0 aliphatic rings. The first-order chi connectivity index (χ1) is 7.00. The van der Waals surface area contributed by atoms with Crippen LogP contribution in [-0.2, 0) is 11.2 Å². The summed E-state index contributed by atoms with van der Waals surface area (Å²) in [6.07, 6.45) is 0.920. The van der Waals surface area contributed by atoms with E-state index in [1.807, 2.05) is 0 Å². The van der Waals surface area contributed by atoms with Gasteiger partial charge in [-0.25, -0.2) is 0 Å². The molecule has 0 aromatic heterocycles. The molecule has 15 heavy (non-hydrogen) atoms. The number of carbonyl (C=O) groups is 1. The van der Waals surface area contributed by atoms with Crippen molar-refractivity contribution < 1.29 is 9.72 Å². The monoisotopic (exact) mass is 227 g/mol. The zero-order valence-corrected chi connectivity index (χ0v) is 8.95. The van der Waals surface area contributed by atoms with Crippen LogP contribution in [0.25, 0.3) is 0 Å². The third-order valence-electron chi connectivity index (χ3n) is 1.99. The average Bonchev–Trinajstić information content (AvgIpc) is 2.15. The molecule has 0 fully saturated rings. The van der Waals surface area contributed by atoms with Crippen molar-refractivity contribution >= 4 is 23.1 Å². The molecule has 0 aliphatic carbocycles. The molecule has 80 valence electrons. The van der Waals surface area contributed by atoms with E-state index in [2.05, 4.69) is 0 Å². The molecule has 1 aromatic carbocycles. The number of nitro groups is 1. The summed E-state index contributed by atoms with van der Waals surface area (Å²) in [5.74, 6) is 0.0735. The van der Waals surface area contributed by atoms with Crippen LogP contribution in [0.4, 0.5) is 5.69 Å². The largest absolute Gasteiger partial charge is 0.300 e. The van der Waals surface area contributed by atoms with Gasteiger partial charge in [0, 0.05) is 18.6 Å². The lowest BCUT2D eigenvalue weighted by Crippen LogP contribution is -1.95. The van der Waals surface area contributed by atoms with Gasteiger partial charge in [0.05, 0.1) is 9.95 Å². The summed E-state index contributed by atoms with van der Waals surface area (Å²) in [6.45, 7) is 1.50. The number of aryl methyl sites for hydroxylation is 1. The third kappa shape index (κ3) is 3.32. The number of rotatable bonds is 4. The maximum absolute atomic E-state index is 10.8. The van der Waals surface area contributed by atoms with Crippen LogP contribution in [0.1, 0.15) is 18.9 Å². The normalized spacial score (nSPS) is 10.0. The van der Waals surface area contributed by atoms with Crippen molar-refractivity contribution in [3.05, 3.63) is 38.9 Å². The van der Waals surface area contributed by atoms with Crippen LogP contribution in [0.15, 0.2) is 18.2 Å². The molecule has 1 rings (SSSR count). The van der Waals surface area contributed by atoms with Gasteiger partial charge in [0.2, 0.25) is 0 Å². The Kier molecular flexibility index (Phi) is 3.80. The molecule has 0 bridgehead atoms. The molecule has 0 amide bonds. The Bertz CT molecular complexity index is 404. The van der Waals surface area contributed by atoms with Gasteiger partial charge in [-0.15, -0.1) is 0 Å². The van der Waals surface area contributed by atoms with E-state index < -0.39 is 4.92 Å². The van der Waals surface area contributed by atoms with E-state index in [1.54, 1.807) is 6.07 Å². The molecule has 5 heteroatoms. The Hall–Kier alpha value is -1.42. The number of non-ortho nitro benzene ring substituents is 1. The number of hydrogen-bond donors (Lipinski definition) is 0. The first-order valence-corrected chi connectivity index (χ1v) is 4.80. The van der Waals surface area contributed by atoms with E-state index in [9.17, 15) is 14.9 Å². The van der Waals surface area contributed by atoms with E-state index in [-0.39, 0.29) is 11.5 Å². The molecule has 0 spiro atoms. The summed E-state index contributed by atoms with van der Waals surface area (Å²) < 4.78 is 0. The lowest BCUT2D eigenvalue weighted by molar-refractivity contribution is -0.384. The summed E-state index contributed by atoms with van der Waals surface area (Å²) in [7, 11) is 0. The van der Waals surface area contributed by atoms with Crippen LogP contribution in [0.5, 0.6) is 0 Å². The quantitative estimate of drug-likeness (QED) is 0.587. The second-order valence-corrected chi connectivity index (χ2v) is 3.64. The van der Waals surface area contributed by atoms with Crippen LogP contribution in [0.2, 0.25) is 5.02 Å². The molecular formula is C10H10ClNO3. The van der Waals surface area contributed by atoms with Gasteiger partial charge < -0.3 is 4.79 Å². The van der Waals surface area contributed by atoms with Crippen molar-refractivity contribution in [2.75, 3.05) is 0 Å². The minimum Gasteiger partial charge on any atom is -0.300 e. The van der Waals surface area contributed by atoms with Crippen molar-refractivity contribution in [2.24, 2.45) is 0 Å². The predicted octanol–water partition coefficient (Wildman–Crippen LogP) is 2.77. The first-order valence-electron chi connectivity index (χ1n) is 4.43. The highest BCUT2D eigenvalue weighted by atomic mass is 35.5. The highest BCUT2D eigenvalue weighted by Crippen LogP contribution is 2.23. The maximum atomic E-state index is 10.8. The number of carbonyl (C=O) groups excluding carboxylic acids is 1. The van der Waals surface area contributed by atoms with Crippen LogP contribution < -0.4 is 0 Å². The lowest BCUT2D eigenvalue weighted by atomic mass is 10.1. The van der Waals surface area contributed by atoms with Gasteiger partial charge in [-0.3, -0.25) is 10.1 Å². The number of nitro benzene ring substituents is 1. The number of hydrogen-bond acceptors (Lipinski definition) is 3. The van der Waals surface area contributed by atoms with Gasteiger partial charge in [0.1, 0.15) is 5.78 Å². The second-order valence-electron chi connectivity index (χ2n) is 3.23. The minimum absolute atomic E-state index is 0.0356. The first kappa shape index (κ1) is 11.7. The molecule has 0 N–H and O–H groups in total. The fraction of sp³-hybridized carbons (Fsp3) is 0.300. The third-order valence-corrected chi connectivity index (χ3v) is 2.35. The number of halogens is 1. The summed E-state index contributed by atoms with van der Waals surface area (Å²) in [6, 6.07) is 4.28. The summed E-state index contributed by atoms with van der Waals surface area (Å²) >= 11 is 5.84. The van der Waals surface area contributed by atoms with Crippen LogP contribution in [0.3, 0.4) is 0 Å². The van der Waals surface area contributed by atoms with E-state index in [1.165, 1.54) is 19.1 Å². The summed E-state index contributed by atoms with van der Waals surface area (Å²) in [5.41, 5.74) is 0.726. The van der Waals surface area contributed by atoms with E-state index in [4.69, 9.17) is 11.6 Å². The maximum Gasteiger partial charge on any atom is 0.270 e. The Morgan fingerprint density at radius 1 is 1.53 bits per heavy atom. The van der Waals surface area contributed by atoms with Crippen molar-refractivity contribution in [3.63, 3.8) is 0 Å². The fourth-order valence-electron chi connectivity index (χ4n) is 1.16. The van der Waals surface area contributed by atoms with Crippen molar-refractivity contribution in [1.82, 2.24) is 0 Å². The van der Waals surface area contributed by atoms with Crippen LogP contribution in [-0.4, -0.2) is 10.7 Å². The van der Waals surface area contributed by atoms with Gasteiger partial charge in [-0.2, -0.15) is 0 Å². The second kappa shape index (κ2) is 4.89. The van der Waals surface area contributed by atoms with E-state index in [0.29, 0.717) is 17.9 Å². The zero-order valence-electron chi connectivity index (χ0n) is 8.20. The molecule has 0 aliphatic heterocycles.